The third kappa shape index (κ3) is 3.27. The summed E-state index contributed by atoms with van der Waals surface area (Å²) in [5, 5.41) is 9.62. The van der Waals surface area contributed by atoms with Crippen LogP contribution in [0.3, 0.4) is 0 Å². The highest BCUT2D eigenvalue weighted by atomic mass is 35.5. The number of nitrogens with zero attached hydrogens (tertiary/aromatic N) is 1. The molecule has 0 radical (unpaired) electrons. The maximum Gasteiger partial charge on any atom is 0.240 e. The van der Waals surface area contributed by atoms with E-state index in [2.05, 4.69) is 10.4 Å². The first kappa shape index (κ1) is 13.9. The fourth-order valence-corrected chi connectivity index (χ4v) is 1.89. The Labute approximate surface area is 119 Å². The van der Waals surface area contributed by atoms with Crippen LogP contribution in [0.25, 0.3) is 0 Å². The zero-order chi connectivity index (χ0) is 13.8. The molecule has 19 heavy (non-hydrogen) atoms. The minimum atomic E-state index is -0.0748. The van der Waals surface area contributed by atoms with E-state index in [9.17, 15) is 0 Å². The number of nitrogens with one attached hydrogen (secondary N) is 1. The SMILES string of the molecule is NNc1nc(Oc2cccc(CO)c2)c(Cl)cc1Cl. The molecular formula is C12H11Cl2N3O2. The number of aromatic nitrogens is 1. The third-order valence-corrected chi connectivity index (χ3v) is 2.89. The van der Waals surface area contributed by atoms with Crippen molar-refractivity contribution >= 4 is 29.0 Å². The zero-order valence-corrected chi connectivity index (χ0v) is 11.2. The van der Waals surface area contributed by atoms with Crippen LogP contribution in [0, 0.1) is 0 Å². The van der Waals surface area contributed by atoms with Crippen molar-refractivity contribution < 1.29 is 9.84 Å². The third-order valence-electron chi connectivity index (χ3n) is 2.33. The minimum absolute atomic E-state index is 0.0748. The molecule has 0 aliphatic heterocycles. The summed E-state index contributed by atoms with van der Waals surface area (Å²) in [6, 6.07) is 8.42. The molecule has 0 saturated heterocycles. The van der Waals surface area contributed by atoms with Crippen LogP contribution in [0.15, 0.2) is 30.3 Å². The predicted molar refractivity (Wildman–Crippen MR) is 74.5 cm³/mol. The molecule has 2 aromatic rings. The van der Waals surface area contributed by atoms with E-state index in [1.807, 2.05) is 0 Å². The summed E-state index contributed by atoms with van der Waals surface area (Å²) in [6.07, 6.45) is 0. The van der Waals surface area contributed by atoms with Crippen LogP contribution in [-0.2, 0) is 6.61 Å². The Balaban J connectivity index is 2.32. The van der Waals surface area contributed by atoms with E-state index in [1.54, 1.807) is 24.3 Å². The van der Waals surface area contributed by atoms with Crippen molar-refractivity contribution in [3.05, 3.63) is 45.9 Å². The molecule has 0 unspecified atom stereocenters. The van der Waals surface area contributed by atoms with Crippen LogP contribution < -0.4 is 16.0 Å². The summed E-state index contributed by atoms with van der Waals surface area (Å²) < 4.78 is 5.54. The number of aliphatic hydroxyl groups excluding tert-OH is 1. The number of hydrazine groups is 1. The van der Waals surface area contributed by atoms with E-state index in [-0.39, 0.29) is 23.3 Å². The number of ether oxygens (including phenoxy) is 1. The van der Waals surface area contributed by atoms with Gasteiger partial charge in [-0.15, -0.1) is 0 Å². The second-order valence-corrected chi connectivity index (χ2v) is 4.47. The number of benzene rings is 1. The number of hydrogen-bond acceptors (Lipinski definition) is 5. The first-order valence-electron chi connectivity index (χ1n) is 5.34. The van der Waals surface area contributed by atoms with E-state index in [0.29, 0.717) is 10.8 Å². The van der Waals surface area contributed by atoms with E-state index in [1.165, 1.54) is 6.07 Å². The minimum Gasteiger partial charge on any atom is -0.437 e. The van der Waals surface area contributed by atoms with Gasteiger partial charge in [0, 0.05) is 0 Å². The fourth-order valence-electron chi connectivity index (χ4n) is 1.44. The smallest absolute Gasteiger partial charge is 0.240 e. The molecule has 2 rings (SSSR count). The van der Waals surface area contributed by atoms with Gasteiger partial charge in [-0.05, 0) is 23.8 Å². The van der Waals surface area contributed by atoms with Crippen LogP contribution in [-0.4, -0.2) is 10.1 Å². The van der Waals surface area contributed by atoms with Crippen LogP contribution in [0.1, 0.15) is 5.56 Å². The van der Waals surface area contributed by atoms with Gasteiger partial charge in [0.15, 0.2) is 5.82 Å². The monoisotopic (exact) mass is 299 g/mol. The Kier molecular flexibility index (Phi) is 4.44. The van der Waals surface area contributed by atoms with Crippen molar-refractivity contribution in [2.24, 2.45) is 5.84 Å². The van der Waals surface area contributed by atoms with E-state index >= 15 is 0 Å². The molecule has 7 heteroatoms. The lowest BCUT2D eigenvalue weighted by Crippen LogP contribution is -2.09. The lowest BCUT2D eigenvalue weighted by Gasteiger charge is -2.10. The number of aliphatic hydroxyl groups is 1. The highest BCUT2D eigenvalue weighted by molar-refractivity contribution is 6.36. The Bertz CT molecular complexity index is 593. The second kappa shape index (κ2) is 6.08. The molecule has 4 N–H and O–H groups in total. The lowest BCUT2D eigenvalue weighted by molar-refractivity contribution is 0.281. The highest BCUT2D eigenvalue weighted by Gasteiger charge is 2.11. The van der Waals surface area contributed by atoms with Crippen molar-refractivity contribution in [1.82, 2.24) is 4.98 Å². The van der Waals surface area contributed by atoms with Gasteiger partial charge in [-0.3, -0.25) is 0 Å². The van der Waals surface area contributed by atoms with Gasteiger partial charge in [-0.25, -0.2) is 5.84 Å². The predicted octanol–water partition coefficient (Wildman–Crippen LogP) is 2.96. The van der Waals surface area contributed by atoms with Crippen molar-refractivity contribution in [2.45, 2.75) is 6.61 Å². The molecule has 0 saturated carbocycles. The molecule has 0 fully saturated rings. The normalized spacial score (nSPS) is 10.3. The van der Waals surface area contributed by atoms with Crippen molar-refractivity contribution in [3.8, 4) is 11.6 Å². The van der Waals surface area contributed by atoms with Crippen LogP contribution in [0.5, 0.6) is 11.6 Å². The standard InChI is InChI=1S/C12H11Cl2N3O2/c13-9-5-10(14)12(16-11(9)17-15)19-8-3-1-2-7(4-8)6-18/h1-5,18H,6,15H2,(H,16,17). The molecule has 1 aromatic carbocycles. The summed E-state index contributed by atoms with van der Waals surface area (Å²) in [4.78, 5) is 4.06. The molecular weight excluding hydrogens is 289 g/mol. The molecule has 0 aliphatic rings. The largest absolute Gasteiger partial charge is 0.437 e. The molecule has 0 atom stereocenters. The van der Waals surface area contributed by atoms with Gasteiger partial charge in [-0.2, -0.15) is 4.98 Å². The number of rotatable bonds is 4. The lowest BCUT2D eigenvalue weighted by atomic mass is 10.2. The Morgan fingerprint density at radius 1 is 1.26 bits per heavy atom. The number of anilines is 1. The summed E-state index contributed by atoms with van der Waals surface area (Å²) in [5.41, 5.74) is 3.07. The number of nitrogens with two attached hydrogens (primary N) is 1. The molecule has 0 bridgehead atoms. The first-order valence-corrected chi connectivity index (χ1v) is 6.10. The topological polar surface area (TPSA) is 80.4 Å². The average molecular weight is 300 g/mol. The van der Waals surface area contributed by atoms with Gasteiger partial charge < -0.3 is 15.3 Å². The first-order chi connectivity index (χ1) is 9.13. The number of nitrogen functional groups attached to an aromatic ring is 1. The van der Waals surface area contributed by atoms with Gasteiger partial charge >= 0.3 is 0 Å². The number of hydrogen-bond donors (Lipinski definition) is 3. The molecule has 5 nitrogen and oxygen atoms in total. The molecule has 100 valence electrons. The maximum atomic E-state index is 9.06. The average Bonchev–Trinajstić information content (AvgIpc) is 2.42. The Hall–Kier alpha value is -1.53. The van der Waals surface area contributed by atoms with Gasteiger partial charge in [0.05, 0.1) is 11.6 Å². The summed E-state index contributed by atoms with van der Waals surface area (Å²) >= 11 is 11.9. The highest BCUT2D eigenvalue weighted by Crippen LogP contribution is 2.33. The van der Waals surface area contributed by atoms with Crippen LogP contribution in [0.4, 0.5) is 5.82 Å². The summed E-state index contributed by atoms with van der Waals surface area (Å²) in [5.74, 6) is 6.22. The quantitative estimate of drug-likeness (QED) is 0.597. The van der Waals surface area contributed by atoms with Gasteiger partial charge in [0.1, 0.15) is 10.8 Å². The van der Waals surface area contributed by atoms with Crippen molar-refractivity contribution in [1.29, 1.82) is 0 Å². The van der Waals surface area contributed by atoms with E-state index in [0.717, 1.165) is 5.56 Å². The van der Waals surface area contributed by atoms with Gasteiger partial charge in [0.2, 0.25) is 5.88 Å². The van der Waals surface area contributed by atoms with Crippen LogP contribution >= 0.6 is 23.2 Å². The Morgan fingerprint density at radius 2 is 2.05 bits per heavy atom. The summed E-state index contributed by atoms with van der Waals surface area (Å²) in [6.45, 7) is -0.0748. The van der Waals surface area contributed by atoms with E-state index in [4.69, 9.17) is 38.9 Å². The van der Waals surface area contributed by atoms with Crippen molar-refractivity contribution in [3.63, 3.8) is 0 Å². The van der Waals surface area contributed by atoms with Gasteiger partial charge in [-0.1, -0.05) is 35.3 Å². The fraction of sp³-hybridized carbons (Fsp3) is 0.0833. The maximum absolute atomic E-state index is 9.06. The van der Waals surface area contributed by atoms with E-state index < -0.39 is 0 Å². The molecule has 0 aliphatic carbocycles. The van der Waals surface area contributed by atoms with Gasteiger partial charge in [0.25, 0.3) is 0 Å². The van der Waals surface area contributed by atoms with Crippen LogP contribution in [0.2, 0.25) is 10.0 Å². The zero-order valence-electron chi connectivity index (χ0n) is 9.73. The number of pyridine rings is 1. The molecule has 1 aromatic heterocycles. The number of halogens is 2. The molecule has 0 spiro atoms. The second-order valence-electron chi connectivity index (χ2n) is 3.66. The van der Waals surface area contributed by atoms with Crippen molar-refractivity contribution in [2.75, 3.05) is 5.43 Å². The summed E-state index contributed by atoms with van der Waals surface area (Å²) in [7, 11) is 0. The Morgan fingerprint density at radius 3 is 2.74 bits per heavy atom. The molecule has 0 amide bonds. The molecule has 1 heterocycles.